The van der Waals surface area contributed by atoms with E-state index in [1.54, 1.807) is 6.92 Å². The molecule has 0 bridgehead atoms. The van der Waals surface area contributed by atoms with Crippen molar-refractivity contribution in [3.63, 3.8) is 0 Å². The Kier molecular flexibility index (Phi) is 7.17. The largest absolute Gasteiger partial charge is 0.465 e. The van der Waals surface area contributed by atoms with E-state index in [-0.39, 0.29) is 36.7 Å². The Hall–Kier alpha value is -3.12. The molecule has 0 aromatic heterocycles. The van der Waals surface area contributed by atoms with Gasteiger partial charge in [-0.2, -0.15) is 39.5 Å². The molecule has 36 heavy (non-hydrogen) atoms. The van der Waals surface area contributed by atoms with Crippen LogP contribution >= 0.6 is 0 Å². The molecule has 13 heteroatoms. The van der Waals surface area contributed by atoms with Crippen LogP contribution in [-0.4, -0.2) is 30.8 Å². The van der Waals surface area contributed by atoms with Crippen LogP contribution in [0.25, 0.3) is 0 Å². The molecule has 3 rings (SSSR count). The molecule has 0 spiro atoms. The minimum atomic E-state index is -5.06. The number of benzene rings is 2. The summed E-state index contributed by atoms with van der Waals surface area (Å²) in [5.41, 5.74) is -4.54. The second-order valence-electron chi connectivity index (χ2n) is 8.56. The van der Waals surface area contributed by atoms with Gasteiger partial charge in [0.25, 0.3) is 0 Å². The fourth-order valence-corrected chi connectivity index (χ4v) is 4.41. The highest BCUT2D eigenvalue weighted by Crippen LogP contribution is 2.44. The number of carboxylic acid groups (broad SMARTS) is 1. The fourth-order valence-electron chi connectivity index (χ4n) is 4.41. The van der Waals surface area contributed by atoms with E-state index in [2.05, 4.69) is 0 Å². The Morgan fingerprint density at radius 2 is 1.44 bits per heavy atom. The van der Waals surface area contributed by atoms with E-state index in [1.165, 1.54) is 7.05 Å². The van der Waals surface area contributed by atoms with Crippen molar-refractivity contribution < 1.29 is 49.4 Å². The zero-order valence-electron chi connectivity index (χ0n) is 18.9. The van der Waals surface area contributed by atoms with Gasteiger partial charge in [-0.05, 0) is 54.8 Å². The van der Waals surface area contributed by atoms with Crippen LogP contribution in [0.5, 0.6) is 0 Å². The van der Waals surface area contributed by atoms with E-state index in [0.717, 1.165) is 28.0 Å². The lowest BCUT2D eigenvalue weighted by Crippen LogP contribution is -2.45. The maximum absolute atomic E-state index is 13.4. The molecule has 2 aromatic rings. The molecule has 198 valence electrons. The normalized spacial score (nSPS) is 18.7. The third-order valence-corrected chi connectivity index (χ3v) is 6.16. The number of amides is 1. The third kappa shape index (κ3) is 5.65. The van der Waals surface area contributed by atoms with Gasteiger partial charge >= 0.3 is 24.6 Å². The van der Waals surface area contributed by atoms with Gasteiger partial charge in [-0.15, -0.1) is 0 Å². The van der Waals surface area contributed by atoms with Crippen LogP contribution in [0.1, 0.15) is 47.9 Å². The topological polar surface area (TPSA) is 43.8 Å². The minimum absolute atomic E-state index is 0.00739. The molecule has 2 atom stereocenters. The van der Waals surface area contributed by atoms with Gasteiger partial charge in [-0.1, -0.05) is 6.92 Å². The van der Waals surface area contributed by atoms with Crippen molar-refractivity contribution in [2.75, 3.05) is 23.4 Å². The number of likely N-dealkylation sites (N-methyl/N-ethyl adjacent to an activating group) is 1. The number of alkyl halides is 9. The standard InChI is InChI=1S/C23H21F9N2O2/c1-3-16-6-12(18-10-13(21(24,25)26)4-5-19(18)34(16)20(35)36)11-33(2)17-8-14(22(27,28)29)7-15(9-17)23(30,31)32/h4-5,7-10,12,16H,3,6,11H2,1-2H3,(H,35,36). The summed E-state index contributed by atoms with van der Waals surface area (Å²) in [5.74, 6) is -0.809. The van der Waals surface area contributed by atoms with Gasteiger partial charge < -0.3 is 10.0 Å². The second-order valence-corrected chi connectivity index (χ2v) is 8.56. The van der Waals surface area contributed by atoms with E-state index < -0.39 is 59.0 Å². The summed E-state index contributed by atoms with van der Waals surface area (Å²) in [6.07, 6.45) is -16.0. The number of halogens is 9. The molecule has 0 radical (unpaired) electrons. The molecule has 0 saturated heterocycles. The molecule has 1 aliphatic heterocycles. The maximum atomic E-state index is 13.4. The number of nitrogens with zero attached hydrogens (tertiary/aromatic N) is 2. The smallest absolute Gasteiger partial charge is 0.416 e. The molecule has 1 N–H and O–H groups in total. The number of rotatable bonds is 4. The average molecular weight is 528 g/mol. The number of hydrogen-bond donors (Lipinski definition) is 1. The summed E-state index contributed by atoms with van der Waals surface area (Å²) >= 11 is 0. The lowest BCUT2D eigenvalue weighted by atomic mass is 9.83. The van der Waals surface area contributed by atoms with E-state index in [4.69, 9.17) is 0 Å². The lowest BCUT2D eigenvalue weighted by molar-refractivity contribution is -0.143. The Morgan fingerprint density at radius 1 is 0.917 bits per heavy atom. The zero-order valence-corrected chi connectivity index (χ0v) is 18.9. The second kappa shape index (κ2) is 9.40. The van der Waals surface area contributed by atoms with Crippen LogP contribution in [0.4, 0.5) is 55.7 Å². The van der Waals surface area contributed by atoms with Gasteiger partial charge in [0, 0.05) is 31.2 Å². The molecule has 2 aromatic carbocycles. The van der Waals surface area contributed by atoms with Crippen molar-refractivity contribution in [2.24, 2.45) is 0 Å². The first kappa shape index (κ1) is 27.5. The van der Waals surface area contributed by atoms with Crippen LogP contribution in [0.15, 0.2) is 36.4 Å². The molecule has 0 aliphatic carbocycles. The lowest BCUT2D eigenvalue weighted by Gasteiger charge is -2.41. The van der Waals surface area contributed by atoms with E-state index >= 15 is 0 Å². The van der Waals surface area contributed by atoms with Crippen molar-refractivity contribution in [1.29, 1.82) is 0 Å². The van der Waals surface area contributed by atoms with Gasteiger partial charge in [0.15, 0.2) is 0 Å². The SMILES string of the molecule is CCC1CC(CN(C)c2cc(C(F)(F)F)cc(C(F)(F)F)c2)c2cc(C(F)(F)F)ccc2N1C(=O)O. The molecule has 1 heterocycles. The molecular weight excluding hydrogens is 507 g/mol. The molecule has 1 aliphatic rings. The predicted octanol–water partition coefficient (Wildman–Crippen LogP) is 7.63. The van der Waals surface area contributed by atoms with Crippen LogP contribution in [0.3, 0.4) is 0 Å². The molecule has 2 unspecified atom stereocenters. The number of fused-ring (bicyclic) bond motifs is 1. The summed E-state index contributed by atoms with van der Waals surface area (Å²) < 4.78 is 120. The van der Waals surface area contributed by atoms with E-state index in [1.807, 2.05) is 0 Å². The molecule has 0 saturated carbocycles. The van der Waals surface area contributed by atoms with Gasteiger partial charge in [-0.25, -0.2) is 4.79 Å². The van der Waals surface area contributed by atoms with E-state index in [9.17, 15) is 49.4 Å². The van der Waals surface area contributed by atoms with Crippen molar-refractivity contribution >= 4 is 17.5 Å². The fraction of sp³-hybridized carbons (Fsp3) is 0.435. The quantitative estimate of drug-likeness (QED) is 0.415. The van der Waals surface area contributed by atoms with Crippen LogP contribution in [0, 0.1) is 0 Å². The van der Waals surface area contributed by atoms with Crippen LogP contribution < -0.4 is 9.80 Å². The Balaban J connectivity index is 2.08. The first-order chi connectivity index (χ1) is 16.4. The third-order valence-electron chi connectivity index (χ3n) is 6.16. The molecule has 4 nitrogen and oxygen atoms in total. The van der Waals surface area contributed by atoms with Gasteiger partial charge in [0.1, 0.15) is 0 Å². The number of hydrogen-bond acceptors (Lipinski definition) is 2. The number of carbonyl (C=O) groups is 1. The van der Waals surface area contributed by atoms with Gasteiger partial charge in [0.05, 0.1) is 22.4 Å². The van der Waals surface area contributed by atoms with Crippen molar-refractivity contribution in [2.45, 2.75) is 50.3 Å². The average Bonchev–Trinajstić information content (AvgIpc) is 2.75. The highest BCUT2D eigenvalue weighted by molar-refractivity contribution is 5.89. The van der Waals surface area contributed by atoms with Crippen LogP contribution in [0.2, 0.25) is 0 Å². The highest BCUT2D eigenvalue weighted by Gasteiger charge is 2.40. The van der Waals surface area contributed by atoms with Gasteiger partial charge in [-0.3, -0.25) is 4.90 Å². The molecule has 1 amide bonds. The summed E-state index contributed by atoms with van der Waals surface area (Å²) in [7, 11) is 1.23. The molecular formula is C23H21F9N2O2. The Labute approximate surface area is 199 Å². The van der Waals surface area contributed by atoms with Crippen molar-refractivity contribution in [3.05, 3.63) is 58.7 Å². The first-order valence-corrected chi connectivity index (χ1v) is 10.7. The molecule has 0 fully saturated rings. The highest BCUT2D eigenvalue weighted by atomic mass is 19.4. The van der Waals surface area contributed by atoms with Gasteiger partial charge in [0.2, 0.25) is 0 Å². The Bertz CT molecular complexity index is 1090. The maximum Gasteiger partial charge on any atom is 0.416 e. The van der Waals surface area contributed by atoms with Crippen molar-refractivity contribution in [1.82, 2.24) is 0 Å². The summed E-state index contributed by atoms with van der Waals surface area (Å²) in [6.45, 7) is 1.41. The van der Waals surface area contributed by atoms with Crippen LogP contribution in [-0.2, 0) is 18.5 Å². The minimum Gasteiger partial charge on any atom is -0.465 e. The van der Waals surface area contributed by atoms with Crippen molar-refractivity contribution in [3.8, 4) is 0 Å². The summed E-state index contributed by atoms with van der Waals surface area (Å²) in [6, 6.07) is 2.93. The van der Waals surface area contributed by atoms with E-state index in [0.29, 0.717) is 12.1 Å². The zero-order chi connectivity index (χ0) is 27.2. The predicted molar refractivity (Wildman–Crippen MR) is 113 cm³/mol. The summed E-state index contributed by atoms with van der Waals surface area (Å²) in [5, 5.41) is 9.66. The number of anilines is 2. The first-order valence-electron chi connectivity index (χ1n) is 10.7. The monoisotopic (exact) mass is 528 g/mol. The Morgan fingerprint density at radius 3 is 1.89 bits per heavy atom. The summed E-state index contributed by atoms with van der Waals surface area (Å²) in [4.78, 5) is 13.9.